The Kier molecular flexibility index (Phi) is 4.30. The van der Waals surface area contributed by atoms with E-state index in [-0.39, 0.29) is 0 Å². The number of pyridine rings is 1. The number of hydrogen-bond acceptors (Lipinski definition) is 3. The van der Waals surface area contributed by atoms with Crippen LogP contribution < -0.4 is 5.73 Å². The lowest BCUT2D eigenvalue weighted by Crippen LogP contribution is -2.17. The van der Waals surface area contributed by atoms with E-state index in [1.807, 2.05) is 6.07 Å². The van der Waals surface area contributed by atoms with Crippen molar-refractivity contribution in [3.8, 4) is 0 Å². The molecule has 1 rings (SSSR count). The molecule has 1 aromatic rings. The first kappa shape index (κ1) is 11.7. The predicted octanol–water partition coefficient (Wildman–Crippen LogP) is 2.56. The number of carbonyl (C=O) groups is 1. The molecular weight excluding hydrogens is 260 g/mol. The van der Waals surface area contributed by atoms with Crippen LogP contribution in [0.3, 0.4) is 0 Å². The van der Waals surface area contributed by atoms with Crippen molar-refractivity contribution in [2.24, 2.45) is 5.73 Å². The van der Waals surface area contributed by atoms with Crippen LogP contribution in [0.15, 0.2) is 35.6 Å². The van der Waals surface area contributed by atoms with Gasteiger partial charge in [0.25, 0.3) is 0 Å². The minimum absolute atomic E-state index is 0.426. The van der Waals surface area contributed by atoms with Gasteiger partial charge in [0.05, 0.1) is 0 Å². The lowest BCUT2D eigenvalue weighted by Gasteiger charge is -2.14. The molecule has 4 nitrogen and oxygen atoms in total. The molecule has 0 radical (unpaired) electrons. The van der Waals surface area contributed by atoms with Crippen LogP contribution in [-0.2, 0) is 4.74 Å². The number of hydrogen-bond donors (Lipinski definition) is 1. The van der Waals surface area contributed by atoms with E-state index in [0.717, 1.165) is 10.0 Å². The molecule has 80 valence electrons. The number of nitrogens with zero attached hydrogens (tertiary/aromatic N) is 1. The van der Waals surface area contributed by atoms with Crippen LogP contribution in [0.1, 0.15) is 18.1 Å². The summed E-state index contributed by atoms with van der Waals surface area (Å²) in [6.07, 6.45) is 4.21. The third-order valence-electron chi connectivity index (χ3n) is 1.74. The van der Waals surface area contributed by atoms with Gasteiger partial charge in [-0.05, 0) is 22.0 Å². The van der Waals surface area contributed by atoms with Gasteiger partial charge in [0, 0.05) is 28.9 Å². The van der Waals surface area contributed by atoms with Gasteiger partial charge in [-0.25, -0.2) is 4.79 Å². The molecule has 0 aromatic carbocycles. The third-order valence-corrected chi connectivity index (χ3v) is 2.17. The van der Waals surface area contributed by atoms with Gasteiger partial charge in [0.1, 0.15) is 6.10 Å². The number of ether oxygens (including phenoxy) is 1. The van der Waals surface area contributed by atoms with E-state index in [9.17, 15) is 4.79 Å². The second-order valence-electron chi connectivity index (χ2n) is 2.89. The highest BCUT2D eigenvalue weighted by atomic mass is 79.9. The maximum atomic E-state index is 10.7. The second kappa shape index (κ2) is 5.50. The molecule has 1 atom stereocenters. The standard InChI is InChI=1S/C10H11BrN2O2/c1-2-3-9(15-10(12)14)7-4-8(11)6-13-5-7/h2,4-6,9H,1,3H2,(H2,12,14)/t9-/m0/s1. The van der Waals surface area contributed by atoms with Crippen molar-refractivity contribution in [3.05, 3.63) is 41.2 Å². The second-order valence-corrected chi connectivity index (χ2v) is 3.80. The van der Waals surface area contributed by atoms with Crippen LogP contribution in [0.25, 0.3) is 0 Å². The molecule has 0 aliphatic carbocycles. The minimum Gasteiger partial charge on any atom is -0.441 e. The zero-order chi connectivity index (χ0) is 11.3. The fourth-order valence-electron chi connectivity index (χ4n) is 1.15. The van der Waals surface area contributed by atoms with Crippen molar-refractivity contribution in [3.63, 3.8) is 0 Å². The van der Waals surface area contributed by atoms with Crippen LogP contribution in [0.2, 0.25) is 0 Å². The largest absolute Gasteiger partial charge is 0.441 e. The monoisotopic (exact) mass is 270 g/mol. The third kappa shape index (κ3) is 3.71. The predicted molar refractivity (Wildman–Crippen MR) is 60.2 cm³/mol. The SMILES string of the molecule is C=CC[C@H](OC(N)=O)c1cncc(Br)c1. The van der Waals surface area contributed by atoms with Crippen LogP contribution in [0, 0.1) is 0 Å². The summed E-state index contributed by atoms with van der Waals surface area (Å²) in [6.45, 7) is 3.59. The van der Waals surface area contributed by atoms with E-state index >= 15 is 0 Å². The Labute approximate surface area is 96.3 Å². The summed E-state index contributed by atoms with van der Waals surface area (Å²) >= 11 is 3.29. The van der Waals surface area contributed by atoms with Crippen molar-refractivity contribution < 1.29 is 9.53 Å². The Morgan fingerprint density at radius 3 is 3.00 bits per heavy atom. The van der Waals surface area contributed by atoms with Gasteiger partial charge in [-0.2, -0.15) is 0 Å². The van der Waals surface area contributed by atoms with Crippen LogP contribution in [-0.4, -0.2) is 11.1 Å². The number of aromatic nitrogens is 1. The van der Waals surface area contributed by atoms with Crippen molar-refractivity contribution >= 4 is 22.0 Å². The first-order valence-electron chi connectivity index (χ1n) is 4.31. The first-order chi connectivity index (χ1) is 7.13. The number of primary amides is 1. The average Bonchev–Trinajstić information content (AvgIpc) is 2.16. The molecule has 0 aliphatic rings. The summed E-state index contributed by atoms with van der Waals surface area (Å²) in [5, 5.41) is 0. The molecule has 15 heavy (non-hydrogen) atoms. The molecule has 5 heteroatoms. The average molecular weight is 271 g/mol. The smallest absolute Gasteiger partial charge is 0.405 e. The van der Waals surface area contributed by atoms with Gasteiger partial charge in [0.15, 0.2) is 0 Å². The quantitative estimate of drug-likeness (QED) is 0.856. The summed E-state index contributed by atoms with van der Waals surface area (Å²) in [6, 6.07) is 1.82. The molecule has 0 fully saturated rings. The molecule has 0 aliphatic heterocycles. The van der Waals surface area contributed by atoms with Crippen molar-refractivity contribution in [2.45, 2.75) is 12.5 Å². The van der Waals surface area contributed by atoms with E-state index in [4.69, 9.17) is 10.5 Å². The van der Waals surface area contributed by atoms with E-state index in [0.29, 0.717) is 6.42 Å². The molecule has 0 unspecified atom stereocenters. The molecule has 1 heterocycles. The van der Waals surface area contributed by atoms with E-state index in [1.54, 1.807) is 18.5 Å². The molecule has 0 spiro atoms. The highest BCUT2D eigenvalue weighted by Crippen LogP contribution is 2.23. The molecule has 0 saturated carbocycles. The number of halogens is 1. The van der Waals surface area contributed by atoms with Crippen molar-refractivity contribution in [2.75, 3.05) is 0 Å². The number of nitrogens with two attached hydrogens (primary N) is 1. The molecule has 1 aromatic heterocycles. The highest BCUT2D eigenvalue weighted by Gasteiger charge is 2.14. The fourth-order valence-corrected chi connectivity index (χ4v) is 1.53. The topological polar surface area (TPSA) is 65.2 Å². The maximum absolute atomic E-state index is 10.7. The summed E-state index contributed by atoms with van der Waals surface area (Å²) < 4.78 is 5.76. The van der Waals surface area contributed by atoms with E-state index < -0.39 is 12.2 Å². The molecular formula is C10H11BrN2O2. The Morgan fingerprint density at radius 2 is 2.47 bits per heavy atom. The molecule has 2 N–H and O–H groups in total. The number of carbonyl (C=O) groups excluding carboxylic acids is 1. The lowest BCUT2D eigenvalue weighted by molar-refractivity contribution is 0.108. The Bertz CT molecular complexity index is 368. The van der Waals surface area contributed by atoms with Gasteiger partial charge >= 0.3 is 6.09 Å². The normalized spacial score (nSPS) is 11.8. The van der Waals surface area contributed by atoms with Gasteiger partial charge < -0.3 is 10.5 Å². The van der Waals surface area contributed by atoms with Crippen LogP contribution in [0.4, 0.5) is 4.79 Å². The summed E-state index contributed by atoms with van der Waals surface area (Å²) in [4.78, 5) is 14.7. The van der Waals surface area contributed by atoms with Gasteiger partial charge in [0.2, 0.25) is 0 Å². The lowest BCUT2D eigenvalue weighted by atomic mass is 10.1. The number of amides is 1. The van der Waals surface area contributed by atoms with Crippen molar-refractivity contribution in [1.29, 1.82) is 0 Å². The van der Waals surface area contributed by atoms with Crippen LogP contribution in [0.5, 0.6) is 0 Å². The first-order valence-corrected chi connectivity index (χ1v) is 5.10. The number of rotatable bonds is 4. The zero-order valence-corrected chi connectivity index (χ0v) is 9.61. The van der Waals surface area contributed by atoms with E-state index in [1.165, 1.54) is 0 Å². The Morgan fingerprint density at radius 1 is 1.73 bits per heavy atom. The Hall–Kier alpha value is -1.36. The van der Waals surface area contributed by atoms with Crippen LogP contribution >= 0.6 is 15.9 Å². The van der Waals surface area contributed by atoms with Crippen molar-refractivity contribution in [1.82, 2.24) is 4.98 Å². The molecule has 1 amide bonds. The van der Waals surface area contributed by atoms with Gasteiger partial charge in [-0.15, -0.1) is 6.58 Å². The van der Waals surface area contributed by atoms with E-state index in [2.05, 4.69) is 27.5 Å². The maximum Gasteiger partial charge on any atom is 0.405 e. The van der Waals surface area contributed by atoms with Gasteiger partial charge in [-0.3, -0.25) is 4.98 Å². The molecule has 0 bridgehead atoms. The van der Waals surface area contributed by atoms with Gasteiger partial charge in [-0.1, -0.05) is 6.08 Å². The fraction of sp³-hybridized carbons (Fsp3) is 0.200. The molecule has 0 saturated heterocycles. The summed E-state index contributed by atoms with van der Waals surface area (Å²) in [7, 11) is 0. The zero-order valence-electron chi connectivity index (χ0n) is 8.02. The minimum atomic E-state index is -0.804. The summed E-state index contributed by atoms with van der Waals surface area (Å²) in [5.74, 6) is 0. The Balaban J connectivity index is 2.87. The summed E-state index contributed by atoms with van der Waals surface area (Å²) in [5.41, 5.74) is 5.75. The highest BCUT2D eigenvalue weighted by molar-refractivity contribution is 9.10.